The number of fused-ring (bicyclic) bond motifs is 1. The molecule has 0 N–H and O–H groups in total. The summed E-state index contributed by atoms with van der Waals surface area (Å²) >= 11 is 1.58. The second kappa shape index (κ2) is 7.96. The molecule has 0 saturated carbocycles. The van der Waals surface area contributed by atoms with E-state index in [-0.39, 0.29) is 5.91 Å². The predicted molar refractivity (Wildman–Crippen MR) is 107 cm³/mol. The normalized spacial score (nSPS) is 13.4. The largest absolute Gasteiger partial charge is 0.338 e. The van der Waals surface area contributed by atoms with Crippen LogP contribution >= 0.6 is 11.8 Å². The molecule has 138 valence electrons. The molecule has 27 heavy (non-hydrogen) atoms. The number of nitrogens with zero attached hydrogens (tertiary/aromatic N) is 4. The molecule has 0 spiro atoms. The van der Waals surface area contributed by atoms with Gasteiger partial charge in [-0.1, -0.05) is 66.4 Å². The van der Waals surface area contributed by atoms with Crippen LogP contribution in [0, 0.1) is 0 Å². The molecule has 1 aliphatic heterocycles. The van der Waals surface area contributed by atoms with Gasteiger partial charge in [0.25, 0.3) is 0 Å². The zero-order chi connectivity index (χ0) is 18.6. The molecule has 3 aromatic rings. The number of rotatable bonds is 5. The molecule has 1 amide bonds. The second-order valence-corrected chi connectivity index (χ2v) is 7.73. The van der Waals surface area contributed by atoms with E-state index in [1.54, 1.807) is 11.8 Å². The summed E-state index contributed by atoms with van der Waals surface area (Å²) < 4.78 is 1.99. The van der Waals surface area contributed by atoms with Crippen LogP contribution in [0.2, 0.25) is 0 Å². The summed E-state index contributed by atoms with van der Waals surface area (Å²) in [4.78, 5) is 14.5. The zero-order valence-electron chi connectivity index (χ0n) is 15.3. The summed E-state index contributed by atoms with van der Waals surface area (Å²) in [7, 11) is 1.97. The third kappa shape index (κ3) is 3.90. The molecule has 0 aliphatic carbocycles. The lowest BCUT2D eigenvalue weighted by atomic mass is 10.00. The maximum Gasteiger partial charge on any atom is 0.223 e. The van der Waals surface area contributed by atoms with Crippen molar-refractivity contribution < 1.29 is 4.79 Å². The number of thioether (sulfide) groups is 1. The fraction of sp³-hybridized carbons (Fsp3) is 0.286. The summed E-state index contributed by atoms with van der Waals surface area (Å²) in [6.45, 7) is 1.53. The van der Waals surface area contributed by atoms with Gasteiger partial charge in [0.1, 0.15) is 0 Å². The molecule has 0 atom stereocenters. The molecular formula is C21H22N4OS. The molecule has 4 rings (SSSR count). The second-order valence-electron chi connectivity index (χ2n) is 6.66. The Morgan fingerprint density at radius 3 is 2.59 bits per heavy atom. The van der Waals surface area contributed by atoms with Crippen LogP contribution in [0.15, 0.2) is 59.8 Å². The maximum atomic E-state index is 12.6. The zero-order valence-corrected chi connectivity index (χ0v) is 16.2. The standard InChI is InChI=1S/C21H22N4OS/c1-24-20(17-8-3-2-4-9-17)22-23-21(24)27-14-12-19(26)25-13-11-16-7-5-6-10-18(16)15-25/h2-10H,11-15H2,1H3. The smallest absolute Gasteiger partial charge is 0.223 e. The Kier molecular flexibility index (Phi) is 5.25. The quantitative estimate of drug-likeness (QED) is 0.637. The number of amides is 1. The highest BCUT2D eigenvalue weighted by atomic mass is 32.2. The predicted octanol–water partition coefficient (Wildman–Crippen LogP) is 3.55. The molecule has 1 aliphatic rings. The Hall–Kier alpha value is -2.60. The molecular weight excluding hydrogens is 356 g/mol. The van der Waals surface area contributed by atoms with Crippen molar-refractivity contribution in [2.45, 2.75) is 24.5 Å². The number of hydrogen-bond donors (Lipinski definition) is 0. The first-order valence-corrected chi connectivity index (χ1v) is 10.1. The molecule has 1 aromatic heterocycles. The minimum atomic E-state index is 0.211. The van der Waals surface area contributed by atoms with Gasteiger partial charge in [0.05, 0.1) is 0 Å². The first kappa shape index (κ1) is 17.8. The van der Waals surface area contributed by atoms with Crippen LogP contribution in [0.25, 0.3) is 11.4 Å². The molecule has 0 unspecified atom stereocenters. The van der Waals surface area contributed by atoms with Crippen molar-refractivity contribution in [1.29, 1.82) is 0 Å². The lowest BCUT2D eigenvalue weighted by Crippen LogP contribution is -2.36. The van der Waals surface area contributed by atoms with Crippen molar-refractivity contribution >= 4 is 17.7 Å². The van der Waals surface area contributed by atoms with Crippen LogP contribution in [0.3, 0.4) is 0 Å². The molecule has 0 bridgehead atoms. The summed E-state index contributed by atoms with van der Waals surface area (Å²) in [6.07, 6.45) is 1.46. The first-order chi connectivity index (χ1) is 13.2. The number of carbonyl (C=O) groups excluding carboxylic acids is 1. The summed E-state index contributed by atoms with van der Waals surface area (Å²) in [5.41, 5.74) is 3.68. The highest BCUT2D eigenvalue weighted by Crippen LogP contribution is 2.24. The molecule has 0 radical (unpaired) electrons. The van der Waals surface area contributed by atoms with Crippen molar-refractivity contribution in [3.8, 4) is 11.4 Å². The topological polar surface area (TPSA) is 51.0 Å². The highest BCUT2D eigenvalue weighted by Gasteiger charge is 2.20. The first-order valence-electron chi connectivity index (χ1n) is 9.14. The average Bonchev–Trinajstić information content (AvgIpc) is 3.08. The monoisotopic (exact) mass is 378 g/mol. The van der Waals surface area contributed by atoms with Crippen LogP contribution in [0.4, 0.5) is 0 Å². The Balaban J connectivity index is 1.33. The molecule has 0 saturated heterocycles. The van der Waals surface area contributed by atoms with Gasteiger partial charge < -0.3 is 9.47 Å². The lowest BCUT2D eigenvalue weighted by molar-refractivity contribution is -0.131. The Labute approximate surface area is 163 Å². The van der Waals surface area contributed by atoms with Gasteiger partial charge in [-0.05, 0) is 17.5 Å². The van der Waals surface area contributed by atoms with Crippen molar-refractivity contribution in [2.24, 2.45) is 7.05 Å². The molecule has 5 nitrogen and oxygen atoms in total. The molecule has 2 aromatic carbocycles. The third-order valence-corrected chi connectivity index (χ3v) is 5.92. The van der Waals surface area contributed by atoms with Gasteiger partial charge in [0, 0.05) is 37.9 Å². The van der Waals surface area contributed by atoms with Crippen LogP contribution in [-0.2, 0) is 24.8 Å². The summed E-state index contributed by atoms with van der Waals surface area (Å²) in [5, 5.41) is 9.42. The van der Waals surface area contributed by atoms with Gasteiger partial charge in [-0.3, -0.25) is 4.79 Å². The summed E-state index contributed by atoms with van der Waals surface area (Å²) in [6, 6.07) is 18.4. The minimum absolute atomic E-state index is 0.211. The molecule has 2 heterocycles. The van der Waals surface area contributed by atoms with E-state index in [2.05, 4.69) is 28.4 Å². The molecule has 0 fully saturated rings. The Bertz CT molecular complexity index is 938. The number of aromatic nitrogens is 3. The van der Waals surface area contributed by atoms with Gasteiger partial charge in [-0.25, -0.2) is 0 Å². The lowest BCUT2D eigenvalue weighted by Gasteiger charge is -2.28. The van der Waals surface area contributed by atoms with Crippen molar-refractivity contribution in [3.05, 3.63) is 65.7 Å². The van der Waals surface area contributed by atoms with E-state index in [0.717, 1.165) is 36.1 Å². The van der Waals surface area contributed by atoms with Crippen LogP contribution in [-0.4, -0.2) is 37.9 Å². The highest BCUT2D eigenvalue weighted by molar-refractivity contribution is 7.99. The SMILES string of the molecule is Cn1c(SCCC(=O)N2CCc3ccccc3C2)nnc1-c1ccccc1. The van der Waals surface area contributed by atoms with E-state index in [4.69, 9.17) is 0 Å². The van der Waals surface area contributed by atoms with Crippen LogP contribution in [0.5, 0.6) is 0 Å². The average molecular weight is 379 g/mol. The van der Waals surface area contributed by atoms with Gasteiger partial charge in [0.15, 0.2) is 11.0 Å². The molecule has 6 heteroatoms. The van der Waals surface area contributed by atoms with Gasteiger partial charge in [-0.15, -0.1) is 10.2 Å². The van der Waals surface area contributed by atoms with Crippen molar-refractivity contribution in [2.75, 3.05) is 12.3 Å². The number of carbonyl (C=O) groups is 1. The van der Waals surface area contributed by atoms with E-state index < -0.39 is 0 Å². The van der Waals surface area contributed by atoms with Gasteiger partial charge >= 0.3 is 0 Å². The maximum absolute atomic E-state index is 12.6. The van der Waals surface area contributed by atoms with E-state index in [1.807, 2.05) is 52.9 Å². The number of benzene rings is 2. The van der Waals surface area contributed by atoms with E-state index in [9.17, 15) is 4.79 Å². The van der Waals surface area contributed by atoms with Gasteiger partial charge in [-0.2, -0.15) is 0 Å². The van der Waals surface area contributed by atoms with E-state index >= 15 is 0 Å². The Morgan fingerprint density at radius 2 is 1.78 bits per heavy atom. The van der Waals surface area contributed by atoms with Crippen LogP contribution in [0.1, 0.15) is 17.5 Å². The van der Waals surface area contributed by atoms with Gasteiger partial charge in [0.2, 0.25) is 5.91 Å². The third-order valence-electron chi connectivity index (χ3n) is 4.90. The fourth-order valence-corrected chi connectivity index (χ4v) is 4.21. The Morgan fingerprint density at radius 1 is 1.04 bits per heavy atom. The van der Waals surface area contributed by atoms with Crippen molar-refractivity contribution in [1.82, 2.24) is 19.7 Å². The minimum Gasteiger partial charge on any atom is -0.338 e. The van der Waals surface area contributed by atoms with Crippen LogP contribution < -0.4 is 0 Å². The fourth-order valence-electron chi connectivity index (χ4n) is 3.38. The summed E-state index contributed by atoms with van der Waals surface area (Å²) in [5.74, 6) is 1.76. The van der Waals surface area contributed by atoms with E-state index in [0.29, 0.717) is 12.2 Å². The number of hydrogen-bond acceptors (Lipinski definition) is 4. The van der Waals surface area contributed by atoms with E-state index in [1.165, 1.54) is 11.1 Å². The van der Waals surface area contributed by atoms with Crippen molar-refractivity contribution in [3.63, 3.8) is 0 Å².